The number of thioether (sulfide) groups is 1. The quantitative estimate of drug-likeness (QED) is 0.772. The van der Waals surface area contributed by atoms with Crippen molar-refractivity contribution in [2.75, 3.05) is 34.0 Å². The van der Waals surface area contributed by atoms with Gasteiger partial charge in [-0.25, -0.2) is 0 Å². The summed E-state index contributed by atoms with van der Waals surface area (Å²) in [6, 6.07) is 4.59. The van der Waals surface area contributed by atoms with E-state index < -0.39 is 0 Å². The maximum Gasteiger partial charge on any atom is 0.224 e. The summed E-state index contributed by atoms with van der Waals surface area (Å²) in [5.41, 5.74) is 10.2. The summed E-state index contributed by atoms with van der Waals surface area (Å²) < 4.78 is 0. The van der Waals surface area contributed by atoms with Crippen LogP contribution >= 0.6 is 11.8 Å². The number of nitrogens with two attached hydrogens (primary N) is 1. The van der Waals surface area contributed by atoms with Crippen LogP contribution in [0.4, 0.5) is 17.1 Å². The molecular weight excluding hydrogens is 258 g/mol. The van der Waals surface area contributed by atoms with E-state index >= 15 is 0 Å². The van der Waals surface area contributed by atoms with Gasteiger partial charge in [0.15, 0.2) is 0 Å². The molecule has 102 valence electrons. The van der Waals surface area contributed by atoms with Crippen LogP contribution in [0.25, 0.3) is 0 Å². The van der Waals surface area contributed by atoms with E-state index in [2.05, 4.69) is 23.2 Å². The van der Waals surface area contributed by atoms with Gasteiger partial charge in [0.25, 0.3) is 0 Å². The molecule has 3 rings (SSSR count). The Balaban J connectivity index is 1.96. The number of nitrogens with one attached hydrogen (secondary N) is 1. The van der Waals surface area contributed by atoms with Crippen LogP contribution < -0.4 is 16.0 Å². The summed E-state index contributed by atoms with van der Waals surface area (Å²) in [5.74, 6) is 2.38. The SMILES string of the molecule is CC1CSCCN1c1cc2c(cc1N)NC(=O)CC2. The Bertz CT molecular complexity index is 518. The number of aryl methyl sites for hydroxylation is 1. The average molecular weight is 277 g/mol. The van der Waals surface area contributed by atoms with Crippen LogP contribution in [-0.2, 0) is 11.2 Å². The van der Waals surface area contributed by atoms with Crippen molar-refractivity contribution in [2.24, 2.45) is 0 Å². The third kappa shape index (κ3) is 2.39. The molecule has 1 aromatic rings. The molecule has 0 radical (unpaired) electrons. The van der Waals surface area contributed by atoms with Crippen molar-refractivity contribution in [1.29, 1.82) is 0 Å². The van der Waals surface area contributed by atoms with Crippen molar-refractivity contribution in [3.63, 3.8) is 0 Å². The van der Waals surface area contributed by atoms with Gasteiger partial charge >= 0.3 is 0 Å². The minimum absolute atomic E-state index is 0.0855. The highest BCUT2D eigenvalue weighted by Gasteiger charge is 2.23. The number of carbonyl (C=O) groups is 1. The smallest absolute Gasteiger partial charge is 0.224 e. The van der Waals surface area contributed by atoms with Crippen molar-refractivity contribution in [3.8, 4) is 0 Å². The highest BCUT2D eigenvalue weighted by Crippen LogP contribution is 2.35. The predicted octanol–water partition coefficient (Wildman–Crippen LogP) is 2.10. The van der Waals surface area contributed by atoms with Gasteiger partial charge in [-0.15, -0.1) is 0 Å². The number of carbonyl (C=O) groups excluding carboxylic acids is 1. The minimum atomic E-state index is 0.0855. The molecule has 3 N–H and O–H groups in total. The number of nitrogen functional groups attached to an aromatic ring is 1. The molecule has 2 heterocycles. The number of anilines is 3. The van der Waals surface area contributed by atoms with E-state index in [-0.39, 0.29) is 5.91 Å². The molecule has 0 spiro atoms. The summed E-state index contributed by atoms with van der Waals surface area (Å²) in [5, 5.41) is 2.90. The average Bonchev–Trinajstić information content (AvgIpc) is 2.39. The highest BCUT2D eigenvalue weighted by atomic mass is 32.2. The minimum Gasteiger partial charge on any atom is -0.397 e. The fraction of sp³-hybridized carbons (Fsp3) is 0.500. The molecule has 0 aliphatic carbocycles. The summed E-state index contributed by atoms with van der Waals surface area (Å²) in [7, 11) is 0. The summed E-state index contributed by atoms with van der Waals surface area (Å²) in [4.78, 5) is 13.8. The summed E-state index contributed by atoms with van der Waals surface area (Å²) in [6.45, 7) is 3.29. The van der Waals surface area contributed by atoms with E-state index in [1.807, 2.05) is 17.8 Å². The molecule has 4 nitrogen and oxygen atoms in total. The third-order valence-electron chi connectivity index (χ3n) is 3.83. The third-order valence-corrected chi connectivity index (χ3v) is 5.01. The summed E-state index contributed by atoms with van der Waals surface area (Å²) in [6.07, 6.45) is 1.38. The summed E-state index contributed by atoms with van der Waals surface area (Å²) >= 11 is 2.00. The molecule has 0 bridgehead atoms. The second-order valence-electron chi connectivity index (χ2n) is 5.23. The van der Waals surface area contributed by atoms with Crippen LogP contribution in [0.5, 0.6) is 0 Å². The number of amides is 1. The second kappa shape index (κ2) is 4.96. The second-order valence-corrected chi connectivity index (χ2v) is 6.38. The Kier molecular flexibility index (Phi) is 3.31. The largest absolute Gasteiger partial charge is 0.397 e. The van der Waals surface area contributed by atoms with Gasteiger partial charge in [0, 0.05) is 36.2 Å². The molecule has 1 atom stereocenters. The zero-order valence-corrected chi connectivity index (χ0v) is 11.9. The topological polar surface area (TPSA) is 58.4 Å². The number of nitrogens with zero attached hydrogens (tertiary/aromatic N) is 1. The fourth-order valence-electron chi connectivity index (χ4n) is 2.77. The molecule has 1 fully saturated rings. The van der Waals surface area contributed by atoms with Gasteiger partial charge in [0.05, 0.1) is 11.4 Å². The molecular formula is C14H19N3OS. The molecule has 1 amide bonds. The zero-order chi connectivity index (χ0) is 13.4. The zero-order valence-electron chi connectivity index (χ0n) is 11.1. The first-order chi connectivity index (χ1) is 9.15. The van der Waals surface area contributed by atoms with Crippen molar-refractivity contribution in [1.82, 2.24) is 0 Å². The van der Waals surface area contributed by atoms with Crippen LogP contribution in [0.3, 0.4) is 0 Å². The van der Waals surface area contributed by atoms with Crippen molar-refractivity contribution < 1.29 is 4.79 Å². The Hall–Kier alpha value is -1.36. The molecule has 19 heavy (non-hydrogen) atoms. The van der Waals surface area contributed by atoms with Crippen LogP contribution in [-0.4, -0.2) is 30.0 Å². The van der Waals surface area contributed by atoms with Crippen LogP contribution in [0.2, 0.25) is 0 Å². The van der Waals surface area contributed by atoms with E-state index in [4.69, 9.17) is 5.73 Å². The Morgan fingerprint density at radius 3 is 3.05 bits per heavy atom. The maximum atomic E-state index is 11.4. The molecule has 1 aromatic carbocycles. The molecule has 1 unspecified atom stereocenters. The Morgan fingerprint density at radius 2 is 2.26 bits per heavy atom. The van der Waals surface area contributed by atoms with E-state index in [9.17, 15) is 4.79 Å². The molecule has 0 aromatic heterocycles. The number of hydrogen-bond donors (Lipinski definition) is 2. The van der Waals surface area contributed by atoms with Crippen LogP contribution in [0.15, 0.2) is 12.1 Å². The molecule has 1 saturated heterocycles. The van der Waals surface area contributed by atoms with E-state index in [0.717, 1.165) is 41.5 Å². The number of hydrogen-bond acceptors (Lipinski definition) is 4. The monoisotopic (exact) mass is 277 g/mol. The van der Waals surface area contributed by atoms with Gasteiger partial charge in [-0.2, -0.15) is 11.8 Å². The van der Waals surface area contributed by atoms with Gasteiger partial charge in [0.2, 0.25) is 5.91 Å². The van der Waals surface area contributed by atoms with E-state index in [0.29, 0.717) is 12.5 Å². The normalized spacial score (nSPS) is 22.9. The van der Waals surface area contributed by atoms with Crippen molar-refractivity contribution in [3.05, 3.63) is 17.7 Å². The van der Waals surface area contributed by atoms with Crippen LogP contribution in [0.1, 0.15) is 18.9 Å². The fourth-order valence-corrected chi connectivity index (χ4v) is 3.78. The number of rotatable bonds is 1. The maximum absolute atomic E-state index is 11.4. The highest BCUT2D eigenvalue weighted by molar-refractivity contribution is 7.99. The lowest BCUT2D eigenvalue weighted by molar-refractivity contribution is -0.116. The van der Waals surface area contributed by atoms with E-state index in [1.54, 1.807) is 0 Å². The van der Waals surface area contributed by atoms with Gasteiger partial charge in [-0.1, -0.05) is 0 Å². The lowest BCUT2D eigenvalue weighted by atomic mass is 10.0. The Labute approximate surface area is 117 Å². The van der Waals surface area contributed by atoms with E-state index in [1.165, 1.54) is 5.56 Å². The van der Waals surface area contributed by atoms with Gasteiger partial charge in [-0.3, -0.25) is 4.79 Å². The number of benzene rings is 1. The lowest BCUT2D eigenvalue weighted by Crippen LogP contribution is -2.41. The van der Waals surface area contributed by atoms with Gasteiger partial charge in [-0.05, 0) is 31.0 Å². The van der Waals surface area contributed by atoms with Gasteiger partial charge < -0.3 is 16.0 Å². The first-order valence-corrected chi connectivity index (χ1v) is 7.87. The van der Waals surface area contributed by atoms with Crippen molar-refractivity contribution in [2.45, 2.75) is 25.8 Å². The standard InChI is InChI=1S/C14H19N3OS/c1-9-8-19-5-4-17(9)13-6-10-2-3-14(18)16-12(10)7-11(13)15/h6-7,9H,2-5,8,15H2,1H3,(H,16,18). The Morgan fingerprint density at radius 1 is 1.42 bits per heavy atom. The molecule has 2 aliphatic rings. The predicted molar refractivity (Wildman–Crippen MR) is 81.9 cm³/mol. The van der Waals surface area contributed by atoms with Crippen LogP contribution in [0, 0.1) is 0 Å². The molecule has 2 aliphatic heterocycles. The first-order valence-electron chi connectivity index (χ1n) is 6.72. The molecule has 0 saturated carbocycles. The first kappa shape index (κ1) is 12.7. The molecule has 5 heteroatoms. The lowest BCUT2D eigenvalue weighted by Gasteiger charge is -2.36. The van der Waals surface area contributed by atoms with Crippen molar-refractivity contribution >= 4 is 34.7 Å². The number of fused-ring (bicyclic) bond motifs is 1. The van der Waals surface area contributed by atoms with Gasteiger partial charge in [0.1, 0.15) is 0 Å².